The second-order valence-corrected chi connectivity index (χ2v) is 3.10. The van der Waals surface area contributed by atoms with Crippen molar-refractivity contribution in [3.05, 3.63) is 29.8 Å². The van der Waals surface area contributed by atoms with Gasteiger partial charge in [-0.05, 0) is 19.1 Å². The first-order valence-corrected chi connectivity index (χ1v) is 5.19. The Morgan fingerprint density at radius 2 is 1.94 bits per heavy atom. The van der Waals surface area contributed by atoms with Crippen LogP contribution in [0.15, 0.2) is 24.3 Å². The molecule has 3 N–H and O–H groups in total. The molecule has 6 heteroatoms. The van der Waals surface area contributed by atoms with E-state index in [1.165, 1.54) is 0 Å². The van der Waals surface area contributed by atoms with Gasteiger partial charge in [0.1, 0.15) is 0 Å². The van der Waals surface area contributed by atoms with E-state index in [4.69, 9.17) is 0 Å². The number of carbonyl (C=O) groups is 2. The van der Waals surface area contributed by atoms with Crippen LogP contribution in [0, 0.1) is 0 Å². The summed E-state index contributed by atoms with van der Waals surface area (Å²) in [6.07, 6.45) is -0.692. The fourth-order valence-electron chi connectivity index (χ4n) is 1.24. The number of anilines is 1. The number of hydrogen-bond donors (Lipinski definition) is 3. The van der Waals surface area contributed by atoms with Crippen molar-refractivity contribution < 1.29 is 14.3 Å². The Balaban J connectivity index is 2.61. The molecule has 1 aromatic rings. The Kier molecular flexibility index (Phi) is 4.80. The molecule has 0 saturated heterocycles. The molecule has 6 nitrogen and oxygen atoms in total. The molecule has 0 radical (unpaired) electrons. The third-order valence-corrected chi connectivity index (χ3v) is 1.99. The lowest BCUT2D eigenvalue weighted by Gasteiger charge is -2.10. The predicted molar refractivity (Wildman–Crippen MR) is 63.6 cm³/mol. The summed E-state index contributed by atoms with van der Waals surface area (Å²) in [5.74, 6) is -0.414. The average molecular weight is 237 g/mol. The lowest BCUT2D eigenvalue weighted by Crippen LogP contribution is -2.42. The second kappa shape index (κ2) is 6.37. The van der Waals surface area contributed by atoms with Gasteiger partial charge in [0.15, 0.2) is 0 Å². The summed E-state index contributed by atoms with van der Waals surface area (Å²) in [6.45, 7) is 1.92. The van der Waals surface area contributed by atoms with E-state index in [1.807, 2.05) is 0 Å². The number of hydrogen-bond acceptors (Lipinski definition) is 4. The van der Waals surface area contributed by atoms with Gasteiger partial charge < -0.3 is 10.1 Å². The largest absolute Gasteiger partial charge is 0.449 e. The van der Waals surface area contributed by atoms with Crippen molar-refractivity contribution in [1.29, 1.82) is 0 Å². The zero-order chi connectivity index (χ0) is 12.7. The maximum absolute atomic E-state index is 11.7. The van der Waals surface area contributed by atoms with Crippen molar-refractivity contribution in [2.45, 2.75) is 6.92 Å². The number of carbonyl (C=O) groups excluding carboxylic acids is 2. The van der Waals surface area contributed by atoms with Crippen LogP contribution in [0.3, 0.4) is 0 Å². The molecular weight excluding hydrogens is 222 g/mol. The fraction of sp³-hybridized carbons (Fsp3) is 0.273. The molecule has 0 unspecified atom stereocenters. The Labute approximate surface area is 99.3 Å². The number of ether oxygens (including phenoxy) is 1. The minimum atomic E-state index is -0.692. The maximum atomic E-state index is 11.7. The monoisotopic (exact) mass is 237 g/mol. The van der Waals surface area contributed by atoms with E-state index < -0.39 is 12.0 Å². The van der Waals surface area contributed by atoms with Gasteiger partial charge >= 0.3 is 6.09 Å². The lowest BCUT2D eigenvalue weighted by atomic mass is 10.1. The Morgan fingerprint density at radius 1 is 1.24 bits per heavy atom. The Bertz CT molecular complexity index is 407. The van der Waals surface area contributed by atoms with Crippen LogP contribution in [-0.4, -0.2) is 25.7 Å². The first-order valence-electron chi connectivity index (χ1n) is 5.19. The second-order valence-electron chi connectivity index (χ2n) is 3.10. The summed E-state index contributed by atoms with van der Waals surface area (Å²) in [5, 5.41) is 2.88. The topological polar surface area (TPSA) is 79.5 Å². The highest BCUT2D eigenvalue weighted by molar-refractivity contribution is 6.00. The van der Waals surface area contributed by atoms with Crippen LogP contribution < -0.4 is 16.2 Å². The van der Waals surface area contributed by atoms with Crippen molar-refractivity contribution in [3.63, 3.8) is 0 Å². The molecule has 0 aliphatic heterocycles. The molecule has 2 amide bonds. The summed E-state index contributed by atoms with van der Waals surface area (Å²) in [4.78, 5) is 22.7. The van der Waals surface area contributed by atoms with Gasteiger partial charge in [-0.1, -0.05) is 12.1 Å². The van der Waals surface area contributed by atoms with Crippen LogP contribution in [0.2, 0.25) is 0 Å². The van der Waals surface area contributed by atoms with Gasteiger partial charge in [0, 0.05) is 12.7 Å². The van der Waals surface area contributed by atoms with E-state index in [2.05, 4.69) is 20.9 Å². The predicted octanol–water partition coefficient (Wildman–Crippen LogP) is 1.12. The number of nitrogens with one attached hydrogen (secondary N) is 3. The molecule has 0 fully saturated rings. The minimum Gasteiger partial charge on any atom is -0.449 e. The van der Waals surface area contributed by atoms with Crippen molar-refractivity contribution in [2.75, 3.05) is 19.0 Å². The van der Waals surface area contributed by atoms with Crippen LogP contribution in [0.5, 0.6) is 0 Å². The SMILES string of the molecule is CCOC(=O)NNC(=O)c1ccccc1NC. The van der Waals surface area contributed by atoms with Gasteiger partial charge in [0.25, 0.3) is 5.91 Å². The first-order chi connectivity index (χ1) is 8.19. The molecule has 17 heavy (non-hydrogen) atoms. The smallest absolute Gasteiger partial charge is 0.426 e. The summed E-state index contributed by atoms with van der Waals surface area (Å²) < 4.78 is 4.60. The molecule has 1 rings (SSSR count). The van der Waals surface area contributed by atoms with Gasteiger partial charge in [-0.25, -0.2) is 10.2 Å². The number of para-hydroxylation sites is 1. The van der Waals surface area contributed by atoms with Gasteiger partial charge in [-0.3, -0.25) is 10.2 Å². The summed E-state index contributed by atoms with van der Waals surface area (Å²) in [5.41, 5.74) is 5.51. The number of amides is 2. The molecule has 0 atom stereocenters. The zero-order valence-electron chi connectivity index (χ0n) is 9.74. The van der Waals surface area contributed by atoms with Crippen LogP contribution >= 0.6 is 0 Å². The molecule has 1 aromatic carbocycles. The molecule has 0 spiro atoms. The Morgan fingerprint density at radius 3 is 2.59 bits per heavy atom. The van der Waals surface area contributed by atoms with E-state index in [1.54, 1.807) is 38.2 Å². The summed E-state index contributed by atoms with van der Waals surface area (Å²) in [7, 11) is 1.71. The third kappa shape index (κ3) is 3.67. The molecule has 0 aliphatic carbocycles. The number of rotatable bonds is 3. The highest BCUT2D eigenvalue weighted by atomic mass is 16.5. The maximum Gasteiger partial charge on any atom is 0.426 e. The molecular formula is C11H15N3O3. The van der Waals surface area contributed by atoms with Gasteiger partial charge in [-0.2, -0.15) is 0 Å². The highest BCUT2D eigenvalue weighted by Crippen LogP contribution is 2.13. The molecule has 0 heterocycles. The summed E-state index contributed by atoms with van der Waals surface area (Å²) in [6, 6.07) is 6.95. The van der Waals surface area contributed by atoms with Gasteiger partial charge in [0.2, 0.25) is 0 Å². The van der Waals surface area contributed by atoms with Crippen LogP contribution in [0.4, 0.5) is 10.5 Å². The van der Waals surface area contributed by atoms with E-state index in [0.29, 0.717) is 11.3 Å². The van der Waals surface area contributed by atoms with Gasteiger partial charge in [0.05, 0.1) is 12.2 Å². The standard InChI is InChI=1S/C11H15N3O3/c1-3-17-11(16)14-13-10(15)8-6-4-5-7-9(8)12-2/h4-7,12H,3H2,1-2H3,(H,13,15)(H,14,16). The normalized spacial score (nSPS) is 9.29. The lowest BCUT2D eigenvalue weighted by molar-refractivity contribution is 0.0913. The molecule has 0 bridgehead atoms. The van der Waals surface area contributed by atoms with E-state index >= 15 is 0 Å². The molecule has 0 aromatic heterocycles. The van der Waals surface area contributed by atoms with Crippen molar-refractivity contribution >= 4 is 17.7 Å². The van der Waals surface area contributed by atoms with Crippen LogP contribution in [0.25, 0.3) is 0 Å². The van der Waals surface area contributed by atoms with E-state index in [-0.39, 0.29) is 6.61 Å². The highest BCUT2D eigenvalue weighted by Gasteiger charge is 2.10. The zero-order valence-corrected chi connectivity index (χ0v) is 9.74. The van der Waals surface area contributed by atoms with Crippen LogP contribution in [0.1, 0.15) is 17.3 Å². The van der Waals surface area contributed by atoms with Gasteiger partial charge in [-0.15, -0.1) is 0 Å². The fourth-order valence-corrected chi connectivity index (χ4v) is 1.24. The number of hydrazine groups is 1. The van der Waals surface area contributed by atoms with Crippen LogP contribution in [-0.2, 0) is 4.74 Å². The number of benzene rings is 1. The van der Waals surface area contributed by atoms with Crippen molar-refractivity contribution in [2.24, 2.45) is 0 Å². The average Bonchev–Trinajstić information content (AvgIpc) is 2.36. The molecule has 0 saturated carbocycles. The van der Waals surface area contributed by atoms with Crippen molar-refractivity contribution in [1.82, 2.24) is 10.9 Å². The van der Waals surface area contributed by atoms with E-state index in [0.717, 1.165) is 0 Å². The Hall–Kier alpha value is -2.24. The molecule has 92 valence electrons. The van der Waals surface area contributed by atoms with E-state index in [9.17, 15) is 9.59 Å². The first kappa shape index (κ1) is 12.8. The quantitative estimate of drug-likeness (QED) is 0.688. The summed E-state index contributed by atoms with van der Waals surface area (Å²) >= 11 is 0. The minimum absolute atomic E-state index is 0.245. The van der Waals surface area contributed by atoms with Crippen molar-refractivity contribution in [3.8, 4) is 0 Å². The third-order valence-electron chi connectivity index (χ3n) is 1.99. The molecule has 0 aliphatic rings.